The van der Waals surface area contributed by atoms with E-state index < -0.39 is 48.8 Å². The van der Waals surface area contributed by atoms with E-state index >= 15 is 4.39 Å². The number of benzene rings is 1. The van der Waals surface area contributed by atoms with Gasteiger partial charge in [-0.05, 0) is 45.4 Å². The SMILES string of the molecule is CN(C(=O)OC(C)(C)C)C1CCN(c2cc(F)c(-c3cnc(N4CCOCC4)nc3)cc2NC(=O)c2cnc(OCC[Si](C)(C)C)cc2C(F)(F)F)C1. The van der Waals surface area contributed by atoms with Crippen LogP contribution in [0, 0.1) is 5.82 Å². The minimum absolute atomic E-state index is 0.0273. The Morgan fingerprint density at radius 2 is 1.68 bits per heavy atom. The molecule has 4 heterocycles. The van der Waals surface area contributed by atoms with Crippen LogP contribution in [0.5, 0.6) is 5.88 Å². The summed E-state index contributed by atoms with van der Waals surface area (Å²) in [6.07, 6.45) is -1.20. The number of anilines is 3. The van der Waals surface area contributed by atoms with E-state index in [-0.39, 0.29) is 42.0 Å². The summed E-state index contributed by atoms with van der Waals surface area (Å²) in [7, 11) is 0.0798. The molecule has 0 saturated carbocycles. The van der Waals surface area contributed by atoms with Crippen LogP contribution in [0.2, 0.25) is 25.7 Å². The number of amides is 2. The Balaban J connectivity index is 1.47. The highest BCUT2D eigenvalue weighted by Gasteiger charge is 2.37. The highest BCUT2D eigenvalue weighted by atomic mass is 28.3. The van der Waals surface area contributed by atoms with Gasteiger partial charge in [0.25, 0.3) is 5.91 Å². The lowest BCUT2D eigenvalue weighted by Gasteiger charge is -2.29. The number of halogens is 4. The maximum atomic E-state index is 16.0. The number of likely N-dealkylation sites (N-methyl/N-ethyl adjacent to an activating group) is 1. The van der Waals surface area contributed by atoms with Gasteiger partial charge in [0.05, 0.1) is 48.4 Å². The van der Waals surface area contributed by atoms with E-state index in [2.05, 4.69) is 39.9 Å². The lowest BCUT2D eigenvalue weighted by Crippen LogP contribution is -2.42. The molecule has 0 aliphatic carbocycles. The van der Waals surface area contributed by atoms with Crippen molar-refractivity contribution in [1.29, 1.82) is 0 Å². The third-order valence-corrected chi connectivity index (χ3v) is 10.5. The Labute approximate surface area is 307 Å². The van der Waals surface area contributed by atoms with Gasteiger partial charge in [0.1, 0.15) is 11.4 Å². The van der Waals surface area contributed by atoms with Gasteiger partial charge < -0.3 is 34.2 Å². The topological polar surface area (TPSA) is 122 Å². The molecule has 1 atom stereocenters. The van der Waals surface area contributed by atoms with Crippen molar-refractivity contribution >= 4 is 37.4 Å². The monoisotopic (exact) mass is 761 g/mol. The van der Waals surface area contributed by atoms with Gasteiger partial charge in [-0.25, -0.2) is 24.1 Å². The molecule has 0 spiro atoms. The number of hydrogen-bond acceptors (Lipinski definition) is 10. The molecule has 1 unspecified atom stereocenters. The third-order valence-electron chi connectivity index (χ3n) is 8.84. The molecule has 0 bridgehead atoms. The van der Waals surface area contributed by atoms with E-state index in [9.17, 15) is 22.8 Å². The molecular weight excluding hydrogens is 715 g/mol. The zero-order valence-electron chi connectivity index (χ0n) is 31.1. The number of nitrogens with zero attached hydrogens (tertiary/aromatic N) is 6. The Kier molecular flexibility index (Phi) is 11.9. The number of alkyl halides is 3. The van der Waals surface area contributed by atoms with E-state index in [0.717, 1.165) is 12.3 Å². The molecule has 53 heavy (non-hydrogen) atoms. The Bertz CT molecular complexity index is 1780. The number of nitrogens with one attached hydrogen (secondary N) is 1. The first-order valence-electron chi connectivity index (χ1n) is 17.5. The van der Waals surface area contributed by atoms with Gasteiger partial charge in [0, 0.05) is 77.1 Å². The van der Waals surface area contributed by atoms with Gasteiger partial charge in [-0.2, -0.15) is 13.2 Å². The summed E-state index contributed by atoms with van der Waals surface area (Å²) in [4.78, 5) is 44.6. The number of ether oxygens (including phenoxy) is 3. The summed E-state index contributed by atoms with van der Waals surface area (Å²) in [6.45, 7) is 14.7. The third kappa shape index (κ3) is 10.3. The molecule has 2 aromatic heterocycles. The molecule has 2 amide bonds. The quantitative estimate of drug-likeness (QED) is 0.172. The van der Waals surface area contributed by atoms with Crippen LogP contribution < -0.4 is 19.9 Å². The Morgan fingerprint density at radius 1 is 1.00 bits per heavy atom. The van der Waals surface area contributed by atoms with Crippen LogP contribution in [-0.2, 0) is 15.7 Å². The fourth-order valence-corrected chi connectivity index (χ4v) is 6.59. The van der Waals surface area contributed by atoms with Crippen molar-refractivity contribution in [1.82, 2.24) is 19.9 Å². The molecule has 1 aromatic carbocycles. The summed E-state index contributed by atoms with van der Waals surface area (Å²) in [6, 6.07) is 3.68. The number of carbonyl (C=O) groups is 2. The predicted molar refractivity (Wildman–Crippen MR) is 196 cm³/mol. The van der Waals surface area contributed by atoms with Crippen molar-refractivity contribution in [3.05, 3.63) is 53.7 Å². The molecule has 288 valence electrons. The van der Waals surface area contributed by atoms with Crippen LogP contribution in [0.1, 0.15) is 43.1 Å². The first-order chi connectivity index (χ1) is 24.8. The van der Waals surface area contributed by atoms with Gasteiger partial charge in [-0.1, -0.05) is 19.6 Å². The fourth-order valence-electron chi connectivity index (χ4n) is 5.87. The summed E-state index contributed by atoms with van der Waals surface area (Å²) in [5.41, 5.74) is -2.07. The first kappa shape index (κ1) is 39.7. The van der Waals surface area contributed by atoms with Crippen molar-refractivity contribution in [2.75, 3.05) is 68.2 Å². The van der Waals surface area contributed by atoms with Gasteiger partial charge in [-0.15, -0.1) is 0 Å². The zero-order valence-corrected chi connectivity index (χ0v) is 32.1. The zero-order chi connectivity index (χ0) is 38.7. The largest absolute Gasteiger partial charge is 0.478 e. The predicted octanol–water partition coefficient (Wildman–Crippen LogP) is 6.95. The summed E-state index contributed by atoms with van der Waals surface area (Å²) < 4.78 is 75.6. The molecule has 17 heteroatoms. The van der Waals surface area contributed by atoms with E-state index in [4.69, 9.17) is 14.2 Å². The van der Waals surface area contributed by atoms with E-state index in [1.807, 2.05) is 4.90 Å². The van der Waals surface area contributed by atoms with Crippen molar-refractivity contribution in [3.63, 3.8) is 0 Å². The smallest absolute Gasteiger partial charge is 0.417 e. The molecule has 2 aliphatic rings. The van der Waals surface area contributed by atoms with Crippen LogP contribution in [0.25, 0.3) is 11.1 Å². The Morgan fingerprint density at radius 3 is 2.30 bits per heavy atom. The van der Waals surface area contributed by atoms with Crippen LogP contribution in [0.4, 0.5) is 39.7 Å². The molecule has 1 N–H and O–H groups in total. The molecule has 2 saturated heterocycles. The van der Waals surface area contributed by atoms with Crippen molar-refractivity contribution < 1.29 is 41.4 Å². The van der Waals surface area contributed by atoms with Crippen molar-refractivity contribution in [3.8, 4) is 17.0 Å². The maximum Gasteiger partial charge on any atom is 0.417 e. The van der Waals surface area contributed by atoms with Gasteiger partial charge in [0.2, 0.25) is 11.8 Å². The highest BCUT2D eigenvalue weighted by Crippen LogP contribution is 2.38. The van der Waals surface area contributed by atoms with Crippen LogP contribution >= 0.6 is 0 Å². The molecule has 3 aromatic rings. The number of hydrogen-bond donors (Lipinski definition) is 1. The second-order valence-corrected chi connectivity index (χ2v) is 21.0. The fraction of sp³-hybridized carbons (Fsp3) is 0.528. The van der Waals surface area contributed by atoms with Crippen molar-refractivity contribution in [2.45, 2.75) is 70.7 Å². The van der Waals surface area contributed by atoms with E-state index in [1.54, 1.807) is 32.7 Å². The second kappa shape index (κ2) is 15.8. The first-order valence-corrected chi connectivity index (χ1v) is 21.2. The summed E-state index contributed by atoms with van der Waals surface area (Å²) >= 11 is 0. The standard InChI is InChI=1S/C36H47F4N7O5Si/c1-35(2,3)52-34(49)45(4)24-8-9-47(22-24)30-18-28(37)25(23-19-42-33(43-20-23)46-10-12-50-13-11-46)16-29(30)44-32(48)26-21-41-31(17-27(26)36(38,39)40)51-14-15-53(5,6)7/h16-21,24H,8-15,22H2,1-7H3,(H,44,48). The highest BCUT2D eigenvalue weighted by molar-refractivity contribution is 6.76. The molecular formula is C36H47F4N7O5Si. The number of carbonyl (C=O) groups excluding carboxylic acids is 2. The average molecular weight is 762 g/mol. The molecule has 0 radical (unpaired) electrons. The molecule has 5 rings (SSSR count). The van der Waals surface area contributed by atoms with Crippen LogP contribution in [0.15, 0.2) is 36.8 Å². The molecule has 12 nitrogen and oxygen atoms in total. The molecule has 2 aliphatic heterocycles. The molecule has 2 fully saturated rings. The summed E-state index contributed by atoms with van der Waals surface area (Å²) in [5, 5.41) is 2.61. The van der Waals surface area contributed by atoms with Crippen LogP contribution in [0.3, 0.4) is 0 Å². The maximum absolute atomic E-state index is 16.0. The number of aromatic nitrogens is 3. The number of rotatable bonds is 10. The lowest BCUT2D eigenvalue weighted by molar-refractivity contribution is -0.138. The van der Waals surface area contributed by atoms with E-state index in [0.29, 0.717) is 56.8 Å². The average Bonchev–Trinajstić information content (AvgIpc) is 3.57. The van der Waals surface area contributed by atoms with E-state index in [1.165, 1.54) is 29.4 Å². The van der Waals surface area contributed by atoms with Gasteiger partial charge >= 0.3 is 12.3 Å². The lowest BCUT2D eigenvalue weighted by atomic mass is 10.0. The van der Waals surface area contributed by atoms with Gasteiger partial charge in [0.15, 0.2) is 0 Å². The number of pyridine rings is 1. The number of morpholine rings is 1. The Hall–Kier alpha value is -4.51. The minimum Gasteiger partial charge on any atom is -0.478 e. The van der Waals surface area contributed by atoms with Crippen LogP contribution in [-0.4, -0.2) is 105 Å². The second-order valence-electron chi connectivity index (χ2n) is 15.4. The summed E-state index contributed by atoms with van der Waals surface area (Å²) in [5.74, 6) is -1.56. The van der Waals surface area contributed by atoms with Gasteiger partial charge in [-0.3, -0.25) is 4.79 Å². The normalized spacial score (nSPS) is 16.8. The minimum atomic E-state index is -4.91. The van der Waals surface area contributed by atoms with Crippen molar-refractivity contribution in [2.24, 2.45) is 0 Å².